The molecule has 0 atom stereocenters. The van der Waals surface area contributed by atoms with Gasteiger partial charge >= 0.3 is 0 Å². The third-order valence-corrected chi connectivity index (χ3v) is 2.91. The van der Waals surface area contributed by atoms with Gasteiger partial charge < -0.3 is 19.1 Å². The van der Waals surface area contributed by atoms with Gasteiger partial charge in [-0.25, -0.2) is 0 Å². The molecule has 0 saturated carbocycles. The van der Waals surface area contributed by atoms with Crippen molar-refractivity contribution in [3.8, 4) is 17.1 Å². The minimum Gasteiger partial charge on any atom is -0.484 e. The van der Waals surface area contributed by atoms with E-state index in [-0.39, 0.29) is 12.5 Å². The molecule has 0 bridgehead atoms. The van der Waals surface area contributed by atoms with Crippen LogP contribution >= 0.6 is 0 Å². The maximum atomic E-state index is 11.7. The van der Waals surface area contributed by atoms with Crippen molar-refractivity contribution in [1.82, 2.24) is 15.3 Å². The zero-order valence-electron chi connectivity index (χ0n) is 12.6. The molecule has 0 aliphatic carbocycles. The number of nitrogens with zero attached hydrogens (tertiary/aromatic N) is 3. The molecule has 2 aromatic heterocycles. The summed E-state index contributed by atoms with van der Waals surface area (Å²) in [4.78, 5) is 15.9. The van der Waals surface area contributed by atoms with E-state index in [2.05, 4.69) is 20.6 Å². The fourth-order valence-electron chi connectivity index (χ4n) is 1.87. The van der Waals surface area contributed by atoms with Gasteiger partial charge in [-0.1, -0.05) is 10.3 Å². The van der Waals surface area contributed by atoms with Crippen molar-refractivity contribution in [1.29, 1.82) is 0 Å². The fraction of sp³-hybridized carbons (Fsp3) is 0.200. The average molecular weight is 314 g/mol. The normalized spacial score (nSPS) is 10.5. The molecular weight excluding hydrogens is 300 g/mol. The van der Waals surface area contributed by atoms with Crippen LogP contribution in [0.4, 0.5) is 5.82 Å². The van der Waals surface area contributed by atoms with Crippen LogP contribution < -0.4 is 10.1 Å². The van der Waals surface area contributed by atoms with E-state index in [4.69, 9.17) is 13.8 Å². The lowest BCUT2D eigenvalue weighted by Crippen LogP contribution is -2.20. The number of aryl methyl sites for hydroxylation is 2. The van der Waals surface area contributed by atoms with E-state index >= 15 is 0 Å². The number of carbonyl (C=O) groups is 1. The van der Waals surface area contributed by atoms with Crippen LogP contribution in [0.15, 0.2) is 39.4 Å². The lowest BCUT2D eigenvalue weighted by molar-refractivity contribution is -0.118. The molecule has 1 aromatic carbocycles. The van der Waals surface area contributed by atoms with E-state index in [1.807, 2.05) is 0 Å². The number of hydrogen-bond acceptors (Lipinski definition) is 7. The number of nitrogens with one attached hydrogen (secondary N) is 1. The van der Waals surface area contributed by atoms with Gasteiger partial charge in [-0.05, 0) is 31.2 Å². The second-order valence-corrected chi connectivity index (χ2v) is 4.82. The summed E-state index contributed by atoms with van der Waals surface area (Å²) in [5.41, 5.74) is 0.803. The van der Waals surface area contributed by atoms with Gasteiger partial charge in [0.25, 0.3) is 5.91 Å². The lowest BCUT2D eigenvalue weighted by atomic mass is 10.2. The van der Waals surface area contributed by atoms with Gasteiger partial charge in [0.2, 0.25) is 11.7 Å². The lowest BCUT2D eigenvalue weighted by Gasteiger charge is -2.06. The quantitative estimate of drug-likeness (QED) is 0.771. The molecule has 8 heteroatoms. The first-order valence-electron chi connectivity index (χ1n) is 6.87. The summed E-state index contributed by atoms with van der Waals surface area (Å²) in [5.74, 6) is 2.22. The number of ether oxygens (including phenoxy) is 1. The first-order valence-corrected chi connectivity index (χ1v) is 6.87. The first kappa shape index (κ1) is 14.8. The van der Waals surface area contributed by atoms with Crippen LogP contribution in [0, 0.1) is 13.8 Å². The predicted molar refractivity (Wildman–Crippen MR) is 79.8 cm³/mol. The van der Waals surface area contributed by atoms with Gasteiger partial charge in [-0.15, -0.1) is 0 Å². The van der Waals surface area contributed by atoms with Gasteiger partial charge in [0.05, 0.1) is 0 Å². The van der Waals surface area contributed by atoms with Gasteiger partial charge in [0.15, 0.2) is 12.4 Å². The second-order valence-electron chi connectivity index (χ2n) is 4.82. The predicted octanol–water partition coefficient (Wildman–Crippen LogP) is 2.36. The van der Waals surface area contributed by atoms with Crippen molar-refractivity contribution in [2.45, 2.75) is 13.8 Å². The van der Waals surface area contributed by atoms with E-state index in [1.165, 1.54) is 0 Å². The molecule has 0 aliphatic heterocycles. The number of hydrogen-bond donors (Lipinski definition) is 1. The zero-order chi connectivity index (χ0) is 16.2. The van der Waals surface area contributed by atoms with E-state index in [0.29, 0.717) is 29.0 Å². The summed E-state index contributed by atoms with van der Waals surface area (Å²) in [5, 5.41) is 10.1. The van der Waals surface area contributed by atoms with Gasteiger partial charge in [0, 0.05) is 18.6 Å². The summed E-state index contributed by atoms with van der Waals surface area (Å²) in [7, 11) is 0. The molecule has 118 valence electrons. The molecule has 3 rings (SSSR count). The van der Waals surface area contributed by atoms with Crippen molar-refractivity contribution in [3.05, 3.63) is 42.0 Å². The summed E-state index contributed by atoms with van der Waals surface area (Å²) in [6.45, 7) is 3.33. The Morgan fingerprint density at radius 2 is 1.96 bits per heavy atom. The van der Waals surface area contributed by atoms with E-state index in [1.54, 1.807) is 44.2 Å². The van der Waals surface area contributed by atoms with Crippen molar-refractivity contribution in [2.75, 3.05) is 11.9 Å². The second kappa shape index (κ2) is 6.30. The smallest absolute Gasteiger partial charge is 0.263 e. The highest BCUT2D eigenvalue weighted by atomic mass is 16.5. The minimum absolute atomic E-state index is 0.132. The Kier molecular flexibility index (Phi) is 4.05. The Morgan fingerprint density at radius 3 is 2.57 bits per heavy atom. The van der Waals surface area contributed by atoms with Gasteiger partial charge in [0.1, 0.15) is 11.5 Å². The van der Waals surface area contributed by atoms with Gasteiger partial charge in [-0.2, -0.15) is 4.98 Å². The Bertz CT molecular complexity index is 807. The molecular formula is C15H14N4O4. The van der Waals surface area contributed by atoms with Crippen LogP contribution in [-0.4, -0.2) is 27.8 Å². The van der Waals surface area contributed by atoms with Crippen molar-refractivity contribution in [3.63, 3.8) is 0 Å². The Labute approximate surface area is 131 Å². The standard InChI is InChI=1S/C15H14N4O4/c1-9-7-13(18-22-9)17-14(20)8-21-12-5-3-11(4-6-12)15-16-10(2)23-19-15/h3-7H,8H2,1-2H3,(H,17,18,20). The number of rotatable bonds is 5. The molecule has 8 nitrogen and oxygen atoms in total. The molecule has 1 N–H and O–H groups in total. The maximum absolute atomic E-state index is 11.7. The third kappa shape index (κ3) is 3.73. The van der Waals surface area contributed by atoms with Crippen molar-refractivity contribution < 1.29 is 18.6 Å². The minimum atomic E-state index is -0.323. The zero-order valence-corrected chi connectivity index (χ0v) is 12.6. The van der Waals surface area contributed by atoms with Crippen LogP contribution in [-0.2, 0) is 4.79 Å². The number of carbonyl (C=O) groups excluding carboxylic acids is 1. The average Bonchev–Trinajstić information content (AvgIpc) is 3.14. The highest BCUT2D eigenvalue weighted by Gasteiger charge is 2.08. The Morgan fingerprint density at radius 1 is 1.17 bits per heavy atom. The van der Waals surface area contributed by atoms with Crippen LogP contribution in [0.25, 0.3) is 11.4 Å². The fourth-order valence-corrected chi connectivity index (χ4v) is 1.87. The molecule has 0 fully saturated rings. The van der Waals surface area contributed by atoms with Gasteiger partial charge in [-0.3, -0.25) is 4.79 Å². The third-order valence-electron chi connectivity index (χ3n) is 2.91. The molecule has 0 radical (unpaired) electrons. The Hall–Kier alpha value is -3.16. The highest BCUT2D eigenvalue weighted by molar-refractivity contribution is 5.90. The monoisotopic (exact) mass is 314 g/mol. The van der Waals surface area contributed by atoms with Crippen LogP contribution in [0.2, 0.25) is 0 Å². The van der Waals surface area contributed by atoms with Crippen molar-refractivity contribution >= 4 is 11.7 Å². The molecule has 3 aromatic rings. The van der Waals surface area contributed by atoms with E-state index in [9.17, 15) is 4.79 Å². The summed E-state index contributed by atoms with van der Waals surface area (Å²) in [6, 6.07) is 8.67. The first-order chi connectivity index (χ1) is 11.1. The largest absolute Gasteiger partial charge is 0.484 e. The van der Waals surface area contributed by atoms with E-state index in [0.717, 1.165) is 5.56 Å². The van der Waals surface area contributed by atoms with Crippen LogP contribution in [0.5, 0.6) is 5.75 Å². The number of amides is 1. The molecule has 0 spiro atoms. The summed E-state index contributed by atoms with van der Waals surface area (Å²) < 4.78 is 15.2. The summed E-state index contributed by atoms with van der Waals surface area (Å²) >= 11 is 0. The molecule has 0 aliphatic rings. The number of aromatic nitrogens is 3. The van der Waals surface area contributed by atoms with Crippen LogP contribution in [0.1, 0.15) is 11.7 Å². The SMILES string of the molecule is Cc1cc(NC(=O)COc2ccc(-c3noc(C)n3)cc2)no1. The molecule has 2 heterocycles. The Balaban J connectivity index is 1.55. The summed E-state index contributed by atoms with van der Waals surface area (Å²) in [6.07, 6.45) is 0. The molecule has 0 unspecified atom stereocenters. The molecule has 0 saturated heterocycles. The van der Waals surface area contributed by atoms with E-state index < -0.39 is 0 Å². The topological polar surface area (TPSA) is 103 Å². The van der Waals surface area contributed by atoms with Crippen LogP contribution in [0.3, 0.4) is 0 Å². The molecule has 1 amide bonds. The number of anilines is 1. The highest BCUT2D eigenvalue weighted by Crippen LogP contribution is 2.19. The molecule has 23 heavy (non-hydrogen) atoms. The van der Waals surface area contributed by atoms with Crippen molar-refractivity contribution in [2.24, 2.45) is 0 Å². The maximum Gasteiger partial charge on any atom is 0.263 e. The number of benzene rings is 1.